The first-order valence-electron chi connectivity index (χ1n) is 3.70. The zero-order valence-corrected chi connectivity index (χ0v) is 6.90. The van der Waals surface area contributed by atoms with E-state index in [1.807, 2.05) is 0 Å². The molecule has 1 aliphatic heterocycles. The van der Waals surface area contributed by atoms with Crippen molar-refractivity contribution >= 4 is 5.71 Å². The van der Waals surface area contributed by atoms with Gasteiger partial charge in [-0.2, -0.15) is 13.2 Å². The molecule has 0 spiro atoms. The van der Waals surface area contributed by atoms with E-state index in [0.717, 1.165) is 6.92 Å². The van der Waals surface area contributed by atoms with Gasteiger partial charge in [-0.25, -0.2) is 0 Å². The summed E-state index contributed by atoms with van der Waals surface area (Å²) in [6.07, 6.45) is -3.98. The third kappa shape index (κ3) is 1.40. The van der Waals surface area contributed by atoms with Crippen LogP contribution < -0.4 is 0 Å². The van der Waals surface area contributed by atoms with E-state index in [9.17, 15) is 13.2 Å². The van der Waals surface area contributed by atoms with Gasteiger partial charge in [-0.3, -0.25) is 0 Å². The average Bonchev–Trinajstić information content (AvgIpc) is 2.31. The minimum atomic E-state index is -4.34. The van der Waals surface area contributed by atoms with Gasteiger partial charge in [-0.1, -0.05) is 12.1 Å². The lowest BCUT2D eigenvalue weighted by atomic mass is 9.98. The molecule has 1 heterocycles. The molecule has 0 aliphatic carbocycles. The van der Waals surface area contributed by atoms with E-state index in [2.05, 4.69) is 9.99 Å². The van der Waals surface area contributed by atoms with Crippen LogP contribution >= 0.6 is 0 Å². The predicted molar refractivity (Wildman–Crippen MR) is 37.9 cm³/mol. The fraction of sp³-hybridized carbons (Fsp3) is 0.857. The Bertz CT molecular complexity index is 211. The maximum Gasteiger partial charge on any atom is 0.431 e. The van der Waals surface area contributed by atoms with Gasteiger partial charge < -0.3 is 4.84 Å². The van der Waals surface area contributed by atoms with Crippen molar-refractivity contribution in [3.63, 3.8) is 0 Å². The fourth-order valence-electron chi connectivity index (χ4n) is 0.961. The molecule has 1 atom stereocenters. The number of oxime groups is 1. The molecule has 0 aromatic carbocycles. The second-order valence-electron chi connectivity index (χ2n) is 3.01. The van der Waals surface area contributed by atoms with Gasteiger partial charge in [0.2, 0.25) is 5.60 Å². The van der Waals surface area contributed by atoms with Crippen molar-refractivity contribution in [2.75, 3.05) is 0 Å². The Morgan fingerprint density at radius 3 is 2.42 bits per heavy atom. The number of halogens is 3. The Morgan fingerprint density at radius 2 is 2.17 bits per heavy atom. The molecule has 5 heteroatoms. The van der Waals surface area contributed by atoms with Crippen LogP contribution in [0.5, 0.6) is 0 Å². The predicted octanol–water partition coefficient (Wildman–Crippen LogP) is 2.49. The number of rotatable bonds is 1. The van der Waals surface area contributed by atoms with Gasteiger partial charge in [0.05, 0.1) is 5.71 Å². The van der Waals surface area contributed by atoms with Gasteiger partial charge >= 0.3 is 6.18 Å². The maximum absolute atomic E-state index is 12.3. The molecule has 1 rings (SSSR count). The molecule has 0 saturated heterocycles. The first kappa shape index (κ1) is 9.35. The summed E-state index contributed by atoms with van der Waals surface area (Å²) in [7, 11) is 0. The molecule has 0 saturated carbocycles. The van der Waals surface area contributed by atoms with Crippen LogP contribution in [-0.2, 0) is 4.84 Å². The van der Waals surface area contributed by atoms with Crippen molar-refractivity contribution in [3.05, 3.63) is 0 Å². The molecule has 2 nitrogen and oxygen atoms in total. The largest absolute Gasteiger partial charge is 0.431 e. The number of hydrogen-bond acceptors (Lipinski definition) is 2. The fourth-order valence-corrected chi connectivity index (χ4v) is 0.961. The third-order valence-corrected chi connectivity index (χ3v) is 1.93. The van der Waals surface area contributed by atoms with Crippen molar-refractivity contribution in [1.82, 2.24) is 0 Å². The van der Waals surface area contributed by atoms with Crippen LogP contribution in [0.25, 0.3) is 0 Å². The van der Waals surface area contributed by atoms with E-state index in [4.69, 9.17) is 0 Å². The van der Waals surface area contributed by atoms with E-state index >= 15 is 0 Å². The highest BCUT2D eigenvalue weighted by Crippen LogP contribution is 2.39. The first-order valence-corrected chi connectivity index (χ1v) is 3.70. The van der Waals surface area contributed by atoms with Crippen LogP contribution in [0.3, 0.4) is 0 Å². The summed E-state index contributed by atoms with van der Waals surface area (Å²) < 4.78 is 36.8. The van der Waals surface area contributed by atoms with Crippen LogP contribution in [0.15, 0.2) is 5.16 Å². The summed E-state index contributed by atoms with van der Waals surface area (Å²) in [6.45, 7) is 2.77. The minimum absolute atomic E-state index is 0.146. The monoisotopic (exact) mass is 181 g/mol. The summed E-state index contributed by atoms with van der Waals surface area (Å²) in [5.74, 6) is 0. The van der Waals surface area contributed by atoms with Crippen molar-refractivity contribution in [2.24, 2.45) is 5.16 Å². The first-order chi connectivity index (χ1) is 5.39. The highest BCUT2D eigenvalue weighted by Gasteiger charge is 2.56. The van der Waals surface area contributed by atoms with E-state index in [0.29, 0.717) is 12.1 Å². The van der Waals surface area contributed by atoms with Crippen LogP contribution in [0.2, 0.25) is 0 Å². The van der Waals surface area contributed by atoms with Crippen molar-refractivity contribution in [1.29, 1.82) is 0 Å². The molecule has 0 N–H and O–H groups in total. The molecular weight excluding hydrogens is 171 g/mol. The third-order valence-electron chi connectivity index (χ3n) is 1.93. The lowest BCUT2D eigenvalue weighted by Crippen LogP contribution is -2.42. The highest BCUT2D eigenvalue weighted by atomic mass is 19.4. The summed E-state index contributed by atoms with van der Waals surface area (Å²) in [5, 5.41) is 3.37. The molecule has 0 radical (unpaired) electrons. The van der Waals surface area contributed by atoms with Crippen LogP contribution in [0, 0.1) is 0 Å². The second kappa shape index (κ2) is 2.64. The quantitative estimate of drug-likeness (QED) is 0.609. The average molecular weight is 181 g/mol. The maximum atomic E-state index is 12.3. The van der Waals surface area contributed by atoms with E-state index in [-0.39, 0.29) is 6.42 Å². The Hall–Kier alpha value is -0.740. The highest BCUT2D eigenvalue weighted by molar-refractivity contribution is 5.85. The van der Waals surface area contributed by atoms with Gasteiger partial charge in [-0.05, 0) is 13.3 Å². The molecule has 12 heavy (non-hydrogen) atoms. The Balaban J connectivity index is 2.70. The molecule has 70 valence electrons. The van der Waals surface area contributed by atoms with Crippen molar-refractivity contribution in [2.45, 2.75) is 38.5 Å². The van der Waals surface area contributed by atoms with E-state index < -0.39 is 11.8 Å². The normalized spacial score (nSPS) is 29.9. The number of alkyl halides is 3. The molecule has 0 aromatic rings. The Kier molecular flexibility index (Phi) is 2.06. The van der Waals surface area contributed by atoms with Crippen LogP contribution in [0.4, 0.5) is 13.2 Å². The molecule has 0 amide bonds. The number of nitrogens with zero attached hydrogens (tertiary/aromatic N) is 1. The molecule has 0 bridgehead atoms. The lowest BCUT2D eigenvalue weighted by Gasteiger charge is -2.24. The lowest BCUT2D eigenvalue weighted by molar-refractivity contribution is -0.261. The SMILES string of the molecule is CCC1=NOC(C)(C(F)(F)F)C1. The summed E-state index contributed by atoms with van der Waals surface area (Å²) >= 11 is 0. The molecule has 1 unspecified atom stereocenters. The van der Waals surface area contributed by atoms with E-state index in [1.165, 1.54) is 0 Å². The summed E-state index contributed by atoms with van der Waals surface area (Å²) in [6, 6.07) is 0. The summed E-state index contributed by atoms with van der Waals surface area (Å²) in [5.41, 5.74) is -1.63. The van der Waals surface area contributed by atoms with Gasteiger partial charge in [0.15, 0.2) is 0 Å². The topological polar surface area (TPSA) is 21.6 Å². The molecule has 0 aromatic heterocycles. The van der Waals surface area contributed by atoms with E-state index in [1.54, 1.807) is 6.92 Å². The van der Waals surface area contributed by atoms with Crippen LogP contribution in [0.1, 0.15) is 26.7 Å². The van der Waals surface area contributed by atoms with Crippen molar-refractivity contribution < 1.29 is 18.0 Å². The van der Waals surface area contributed by atoms with Gasteiger partial charge in [0.1, 0.15) is 0 Å². The smallest absolute Gasteiger partial charge is 0.379 e. The molecular formula is C7H10F3NO. The van der Waals surface area contributed by atoms with Crippen LogP contribution in [-0.4, -0.2) is 17.5 Å². The summed E-state index contributed by atoms with van der Waals surface area (Å²) in [4.78, 5) is 4.37. The zero-order valence-electron chi connectivity index (χ0n) is 6.90. The zero-order chi connectivity index (χ0) is 9.41. The van der Waals surface area contributed by atoms with Gasteiger partial charge in [0.25, 0.3) is 0 Å². The molecule has 1 aliphatic rings. The van der Waals surface area contributed by atoms with Gasteiger partial charge in [-0.15, -0.1) is 0 Å². The number of hydrogen-bond donors (Lipinski definition) is 0. The van der Waals surface area contributed by atoms with Gasteiger partial charge in [0, 0.05) is 6.42 Å². The Labute approximate surface area is 68.4 Å². The molecule has 0 fully saturated rings. The standard InChI is InChI=1S/C7H10F3NO/c1-3-5-4-6(2,12-11-5)7(8,9)10/h3-4H2,1-2H3. The van der Waals surface area contributed by atoms with Crippen molar-refractivity contribution in [3.8, 4) is 0 Å². The minimum Gasteiger partial charge on any atom is -0.379 e. The second-order valence-corrected chi connectivity index (χ2v) is 3.01. The Morgan fingerprint density at radius 1 is 1.58 bits per heavy atom.